The molecule has 0 saturated carbocycles. The Kier molecular flexibility index (Phi) is 4.59. The van der Waals surface area contributed by atoms with Gasteiger partial charge in [0.25, 0.3) is 0 Å². The second kappa shape index (κ2) is 5.95. The van der Waals surface area contributed by atoms with Gasteiger partial charge in [-0.1, -0.05) is 20.4 Å². The number of allylic oxidation sites excluding steroid dienone is 3. The van der Waals surface area contributed by atoms with Crippen LogP contribution in [0.4, 0.5) is 0 Å². The fourth-order valence-corrected chi connectivity index (χ4v) is 1.35. The molecule has 18 heavy (non-hydrogen) atoms. The highest BCUT2D eigenvalue weighted by atomic mass is 16.2. The third kappa shape index (κ3) is 3.41. The van der Waals surface area contributed by atoms with Crippen molar-refractivity contribution in [3.8, 4) is 0 Å². The van der Waals surface area contributed by atoms with Crippen LogP contribution < -0.4 is 10.6 Å². The summed E-state index contributed by atoms with van der Waals surface area (Å²) in [4.78, 5) is 34.5. The highest BCUT2D eigenvalue weighted by Crippen LogP contribution is 2.14. The van der Waals surface area contributed by atoms with E-state index in [0.717, 1.165) is 0 Å². The van der Waals surface area contributed by atoms with Crippen LogP contribution in [0.5, 0.6) is 0 Å². The zero-order valence-electron chi connectivity index (χ0n) is 10.5. The molecule has 1 aliphatic rings. The summed E-state index contributed by atoms with van der Waals surface area (Å²) in [5.41, 5.74) is 0.828. The molecule has 5 nitrogen and oxygen atoms in total. The van der Waals surface area contributed by atoms with Crippen molar-refractivity contribution in [1.29, 1.82) is 0 Å². The first-order valence-electron chi connectivity index (χ1n) is 5.74. The minimum atomic E-state index is -0.411. The first-order chi connectivity index (χ1) is 8.47. The van der Waals surface area contributed by atoms with Gasteiger partial charge in [-0.25, -0.2) is 0 Å². The SMILES string of the molecule is C=C1C=C(NC(=O)CC)C(=O)C(NC(=O)CC)=C1. The van der Waals surface area contributed by atoms with E-state index >= 15 is 0 Å². The number of hydrogen-bond donors (Lipinski definition) is 2. The third-order valence-electron chi connectivity index (χ3n) is 2.34. The lowest BCUT2D eigenvalue weighted by molar-refractivity contribution is -0.123. The number of hydrogen-bond acceptors (Lipinski definition) is 3. The summed E-state index contributed by atoms with van der Waals surface area (Å²) in [7, 11) is 0. The molecule has 0 aliphatic heterocycles. The molecule has 0 heterocycles. The van der Waals surface area contributed by atoms with Gasteiger partial charge in [0, 0.05) is 12.8 Å². The van der Waals surface area contributed by atoms with E-state index in [1.165, 1.54) is 12.2 Å². The van der Waals surface area contributed by atoms with Gasteiger partial charge >= 0.3 is 0 Å². The quantitative estimate of drug-likeness (QED) is 0.777. The van der Waals surface area contributed by atoms with Crippen molar-refractivity contribution in [3.05, 3.63) is 35.7 Å². The van der Waals surface area contributed by atoms with E-state index in [1.54, 1.807) is 13.8 Å². The number of nitrogens with one attached hydrogen (secondary N) is 2. The monoisotopic (exact) mass is 248 g/mol. The van der Waals surface area contributed by atoms with Gasteiger partial charge in [0.05, 0.1) is 11.4 Å². The number of ketones is 1. The van der Waals surface area contributed by atoms with Crippen molar-refractivity contribution in [2.45, 2.75) is 26.7 Å². The molecule has 1 aliphatic carbocycles. The Labute approximate surface area is 106 Å². The summed E-state index contributed by atoms with van der Waals surface area (Å²) in [5, 5.41) is 4.98. The summed E-state index contributed by atoms with van der Waals surface area (Å²) in [6, 6.07) is 0. The first-order valence-corrected chi connectivity index (χ1v) is 5.74. The van der Waals surface area contributed by atoms with Crippen LogP contribution in [-0.2, 0) is 14.4 Å². The van der Waals surface area contributed by atoms with E-state index in [0.29, 0.717) is 5.57 Å². The number of Topliss-reactive ketones (excluding diaryl/α,β-unsaturated/α-hetero) is 1. The van der Waals surface area contributed by atoms with Crippen molar-refractivity contribution >= 4 is 17.6 Å². The van der Waals surface area contributed by atoms with Crippen LogP contribution in [0.25, 0.3) is 0 Å². The number of carbonyl (C=O) groups is 3. The molecule has 0 spiro atoms. The van der Waals surface area contributed by atoms with Crippen LogP contribution in [0.15, 0.2) is 35.7 Å². The van der Waals surface area contributed by atoms with Gasteiger partial charge in [0.1, 0.15) is 0 Å². The van der Waals surface area contributed by atoms with Gasteiger partial charge in [-0.2, -0.15) is 0 Å². The summed E-state index contributed by atoms with van der Waals surface area (Å²) in [6.45, 7) is 7.08. The van der Waals surface area contributed by atoms with Crippen LogP contribution in [0.3, 0.4) is 0 Å². The molecular weight excluding hydrogens is 232 g/mol. The smallest absolute Gasteiger partial charge is 0.225 e. The zero-order chi connectivity index (χ0) is 13.7. The standard InChI is InChI=1S/C13H16N2O3/c1-4-11(16)14-9-6-8(3)7-10(13(9)18)15-12(17)5-2/h6-7H,3-5H2,1-2H3,(H,14,16)(H,15,17). The second-order valence-electron chi connectivity index (χ2n) is 3.82. The third-order valence-corrected chi connectivity index (χ3v) is 2.34. The summed E-state index contributed by atoms with van der Waals surface area (Å²) in [5.74, 6) is -0.929. The Morgan fingerprint density at radius 2 is 1.44 bits per heavy atom. The van der Waals surface area contributed by atoms with Crippen LogP contribution in [0, 0.1) is 0 Å². The van der Waals surface area contributed by atoms with Crippen LogP contribution >= 0.6 is 0 Å². The predicted molar refractivity (Wildman–Crippen MR) is 67.2 cm³/mol. The summed E-state index contributed by atoms with van der Waals surface area (Å²) < 4.78 is 0. The molecular formula is C13H16N2O3. The van der Waals surface area contributed by atoms with Gasteiger partial charge in [-0.05, 0) is 17.7 Å². The van der Waals surface area contributed by atoms with Gasteiger partial charge < -0.3 is 10.6 Å². The Morgan fingerprint density at radius 1 is 1.06 bits per heavy atom. The molecule has 2 amide bonds. The van der Waals surface area contributed by atoms with Crippen molar-refractivity contribution in [3.63, 3.8) is 0 Å². The summed E-state index contributed by atoms with van der Waals surface area (Å²) >= 11 is 0. The fourth-order valence-electron chi connectivity index (χ4n) is 1.35. The topological polar surface area (TPSA) is 75.3 Å². The highest BCUT2D eigenvalue weighted by Gasteiger charge is 2.22. The lowest BCUT2D eigenvalue weighted by Crippen LogP contribution is -2.35. The maximum Gasteiger partial charge on any atom is 0.225 e. The molecule has 0 aromatic carbocycles. The average Bonchev–Trinajstić information content (AvgIpc) is 2.34. The number of rotatable bonds is 4. The van der Waals surface area contributed by atoms with E-state index in [4.69, 9.17) is 0 Å². The van der Waals surface area contributed by atoms with Crippen molar-refractivity contribution in [2.75, 3.05) is 0 Å². The highest BCUT2D eigenvalue weighted by molar-refractivity contribution is 6.13. The minimum absolute atomic E-state index is 0.140. The molecule has 0 atom stereocenters. The van der Waals surface area contributed by atoms with Crippen LogP contribution in [-0.4, -0.2) is 17.6 Å². The minimum Gasteiger partial charge on any atom is -0.323 e. The predicted octanol–water partition coefficient (Wildman–Crippen LogP) is 0.945. The maximum atomic E-state index is 12.0. The molecule has 0 aromatic rings. The lowest BCUT2D eigenvalue weighted by atomic mass is 10.0. The van der Waals surface area contributed by atoms with Crippen LogP contribution in [0.1, 0.15) is 26.7 Å². The Morgan fingerprint density at radius 3 is 1.78 bits per heavy atom. The Hall–Kier alpha value is -2.17. The van der Waals surface area contributed by atoms with Crippen molar-refractivity contribution in [1.82, 2.24) is 10.6 Å². The molecule has 0 aromatic heterocycles. The van der Waals surface area contributed by atoms with E-state index in [9.17, 15) is 14.4 Å². The molecule has 0 bridgehead atoms. The number of carbonyl (C=O) groups excluding carboxylic acids is 3. The lowest BCUT2D eigenvalue weighted by Gasteiger charge is -2.16. The van der Waals surface area contributed by atoms with Crippen molar-refractivity contribution < 1.29 is 14.4 Å². The van der Waals surface area contributed by atoms with E-state index in [-0.39, 0.29) is 36.1 Å². The first kappa shape index (κ1) is 13.9. The molecule has 96 valence electrons. The molecule has 0 fully saturated rings. The maximum absolute atomic E-state index is 12.0. The molecule has 0 radical (unpaired) electrons. The average molecular weight is 248 g/mol. The number of amides is 2. The van der Waals surface area contributed by atoms with E-state index in [2.05, 4.69) is 17.2 Å². The van der Waals surface area contributed by atoms with Gasteiger partial charge in [0.15, 0.2) is 0 Å². The van der Waals surface area contributed by atoms with Gasteiger partial charge in [0.2, 0.25) is 17.6 Å². The van der Waals surface area contributed by atoms with Crippen molar-refractivity contribution in [2.24, 2.45) is 0 Å². The fraction of sp³-hybridized carbons (Fsp3) is 0.308. The normalized spacial score (nSPS) is 14.8. The molecule has 0 unspecified atom stereocenters. The molecule has 0 saturated heterocycles. The molecule has 5 heteroatoms. The van der Waals surface area contributed by atoms with Gasteiger partial charge in [-0.15, -0.1) is 0 Å². The largest absolute Gasteiger partial charge is 0.323 e. The summed E-state index contributed by atoms with van der Waals surface area (Å²) in [6.07, 6.45) is 3.52. The van der Waals surface area contributed by atoms with E-state index < -0.39 is 5.78 Å². The molecule has 2 N–H and O–H groups in total. The van der Waals surface area contributed by atoms with Crippen LogP contribution in [0.2, 0.25) is 0 Å². The second-order valence-corrected chi connectivity index (χ2v) is 3.82. The Bertz CT molecular complexity index is 433. The Balaban J connectivity index is 2.86. The zero-order valence-corrected chi connectivity index (χ0v) is 10.5. The van der Waals surface area contributed by atoms with Gasteiger partial charge in [-0.3, -0.25) is 14.4 Å². The van der Waals surface area contributed by atoms with E-state index in [1.807, 2.05) is 0 Å². The molecule has 1 rings (SSSR count).